The van der Waals surface area contributed by atoms with E-state index in [2.05, 4.69) is 17.6 Å². The van der Waals surface area contributed by atoms with Crippen LogP contribution < -0.4 is 15.4 Å². The van der Waals surface area contributed by atoms with Crippen LogP contribution in [0.2, 0.25) is 0 Å². The van der Waals surface area contributed by atoms with Gasteiger partial charge in [-0.3, -0.25) is 9.59 Å². The smallest absolute Gasteiger partial charge is 0.314 e. The lowest BCUT2D eigenvalue weighted by Crippen LogP contribution is -2.29. The number of carbonyl (C=O) groups excluding carboxylic acids is 2. The molecular formula is C27H35N3O3. The second kappa shape index (κ2) is 15.5. The van der Waals surface area contributed by atoms with E-state index in [1.807, 2.05) is 6.07 Å². The molecule has 176 valence electrons. The molecular weight excluding hydrogens is 414 g/mol. The Labute approximate surface area is 197 Å². The van der Waals surface area contributed by atoms with E-state index < -0.39 is 11.8 Å². The molecule has 0 saturated carbocycles. The average molecular weight is 450 g/mol. The van der Waals surface area contributed by atoms with Crippen molar-refractivity contribution in [1.82, 2.24) is 0 Å². The van der Waals surface area contributed by atoms with E-state index in [4.69, 9.17) is 10.00 Å². The van der Waals surface area contributed by atoms with Gasteiger partial charge in [0.05, 0.1) is 18.2 Å². The Bertz CT molecular complexity index is 904. The lowest BCUT2D eigenvalue weighted by atomic mass is 10.1. The molecule has 0 fully saturated rings. The normalized spacial score (nSPS) is 10.3. The zero-order valence-electron chi connectivity index (χ0n) is 19.6. The minimum absolute atomic E-state index is 0.393. The number of hydrogen-bond acceptors (Lipinski definition) is 4. The fraction of sp³-hybridized carbons (Fsp3) is 0.444. The van der Waals surface area contributed by atoms with Gasteiger partial charge in [-0.05, 0) is 48.9 Å². The van der Waals surface area contributed by atoms with Crippen molar-refractivity contribution in [3.8, 4) is 11.8 Å². The van der Waals surface area contributed by atoms with Gasteiger partial charge in [-0.2, -0.15) is 5.26 Å². The van der Waals surface area contributed by atoms with Crippen LogP contribution in [0.4, 0.5) is 11.4 Å². The van der Waals surface area contributed by atoms with Crippen LogP contribution in [0.5, 0.6) is 5.75 Å². The number of amides is 2. The largest absolute Gasteiger partial charge is 0.494 e. The van der Waals surface area contributed by atoms with Crippen molar-refractivity contribution >= 4 is 23.2 Å². The van der Waals surface area contributed by atoms with Gasteiger partial charge in [0.15, 0.2) is 0 Å². The Morgan fingerprint density at radius 1 is 0.788 bits per heavy atom. The number of nitrogens with one attached hydrogen (secondary N) is 2. The molecule has 0 heterocycles. The summed E-state index contributed by atoms with van der Waals surface area (Å²) in [5.41, 5.74) is 1.30. The average Bonchev–Trinajstić information content (AvgIpc) is 2.83. The number of carbonyl (C=O) groups is 2. The summed E-state index contributed by atoms with van der Waals surface area (Å²) in [6, 6.07) is 15.3. The van der Waals surface area contributed by atoms with Gasteiger partial charge >= 0.3 is 11.8 Å². The molecule has 2 rings (SSSR count). The Balaban J connectivity index is 1.61. The number of hydrogen-bond donors (Lipinski definition) is 2. The van der Waals surface area contributed by atoms with E-state index in [0.717, 1.165) is 12.2 Å². The third-order valence-electron chi connectivity index (χ3n) is 5.33. The minimum Gasteiger partial charge on any atom is -0.494 e. The molecule has 6 heteroatoms. The molecule has 0 saturated heterocycles. The number of nitrogens with zero attached hydrogens (tertiary/aromatic N) is 1. The first kappa shape index (κ1) is 25.9. The molecule has 0 aliphatic carbocycles. The Hall–Kier alpha value is -3.33. The first-order valence-corrected chi connectivity index (χ1v) is 12.0. The van der Waals surface area contributed by atoms with Crippen molar-refractivity contribution < 1.29 is 14.3 Å². The molecule has 2 aromatic carbocycles. The summed E-state index contributed by atoms with van der Waals surface area (Å²) in [4.78, 5) is 24.2. The third-order valence-corrected chi connectivity index (χ3v) is 5.33. The maximum atomic E-state index is 12.1. The molecule has 0 spiro atoms. The summed E-state index contributed by atoms with van der Waals surface area (Å²) < 4.78 is 5.77. The van der Waals surface area contributed by atoms with E-state index in [-0.39, 0.29) is 0 Å². The van der Waals surface area contributed by atoms with Crippen LogP contribution in [-0.2, 0) is 9.59 Å². The number of benzene rings is 2. The number of ether oxygens (including phenoxy) is 1. The lowest BCUT2D eigenvalue weighted by molar-refractivity contribution is -0.132. The summed E-state index contributed by atoms with van der Waals surface area (Å²) in [7, 11) is 0. The third kappa shape index (κ3) is 10.7. The van der Waals surface area contributed by atoms with E-state index >= 15 is 0 Å². The van der Waals surface area contributed by atoms with Crippen molar-refractivity contribution in [3.05, 3.63) is 54.1 Å². The van der Waals surface area contributed by atoms with Crippen LogP contribution in [0.1, 0.15) is 76.7 Å². The second-order valence-corrected chi connectivity index (χ2v) is 8.16. The van der Waals surface area contributed by atoms with Gasteiger partial charge in [0, 0.05) is 11.4 Å². The Morgan fingerprint density at radius 3 is 1.97 bits per heavy atom. The van der Waals surface area contributed by atoms with E-state index in [0.29, 0.717) is 23.5 Å². The molecule has 6 nitrogen and oxygen atoms in total. The van der Waals surface area contributed by atoms with Gasteiger partial charge < -0.3 is 15.4 Å². The van der Waals surface area contributed by atoms with Gasteiger partial charge in [0.1, 0.15) is 5.75 Å². The van der Waals surface area contributed by atoms with Crippen LogP contribution in [0.3, 0.4) is 0 Å². The zero-order chi connectivity index (χ0) is 23.7. The topological polar surface area (TPSA) is 91.2 Å². The highest BCUT2D eigenvalue weighted by molar-refractivity contribution is 6.43. The highest BCUT2D eigenvalue weighted by Gasteiger charge is 2.14. The maximum absolute atomic E-state index is 12.1. The maximum Gasteiger partial charge on any atom is 0.314 e. The molecule has 0 unspecified atom stereocenters. The van der Waals surface area contributed by atoms with Gasteiger partial charge in [-0.1, -0.05) is 70.8 Å². The summed E-state index contributed by atoms with van der Waals surface area (Å²) in [5.74, 6) is -0.843. The van der Waals surface area contributed by atoms with Crippen molar-refractivity contribution in [2.75, 3.05) is 17.2 Å². The SMILES string of the molecule is CCCCCCCCCCCCOc1ccc(NC(=O)C(=O)Nc2cccc(C#N)c2)cc1. The van der Waals surface area contributed by atoms with Crippen LogP contribution in [0, 0.1) is 11.3 Å². The molecule has 0 radical (unpaired) electrons. The molecule has 0 aromatic heterocycles. The first-order valence-electron chi connectivity index (χ1n) is 12.0. The minimum atomic E-state index is -0.800. The van der Waals surface area contributed by atoms with E-state index in [1.54, 1.807) is 42.5 Å². The van der Waals surface area contributed by atoms with Crippen molar-refractivity contribution in [2.45, 2.75) is 71.1 Å². The predicted molar refractivity (Wildman–Crippen MR) is 132 cm³/mol. The molecule has 2 amide bonds. The van der Waals surface area contributed by atoms with E-state index in [9.17, 15) is 9.59 Å². The Kier molecular flexibility index (Phi) is 12.2. The molecule has 33 heavy (non-hydrogen) atoms. The van der Waals surface area contributed by atoms with Gasteiger partial charge in [0.25, 0.3) is 0 Å². The molecule has 2 N–H and O–H groups in total. The lowest BCUT2D eigenvalue weighted by Gasteiger charge is -2.09. The molecule has 2 aromatic rings. The van der Waals surface area contributed by atoms with Crippen LogP contribution >= 0.6 is 0 Å². The monoisotopic (exact) mass is 449 g/mol. The number of nitriles is 1. The second-order valence-electron chi connectivity index (χ2n) is 8.16. The van der Waals surface area contributed by atoms with Crippen molar-refractivity contribution in [2.24, 2.45) is 0 Å². The van der Waals surface area contributed by atoms with Gasteiger partial charge in [-0.15, -0.1) is 0 Å². The highest BCUT2D eigenvalue weighted by atomic mass is 16.5. The highest BCUT2D eigenvalue weighted by Crippen LogP contribution is 2.17. The zero-order valence-corrected chi connectivity index (χ0v) is 19.6. The van der Waals surface area contributed by atoms with Gasteiger partial charge in [-0.25, -0.2) is 0 Å². The number of rotatable bonds is 14. The standard InChI is InChI=1S/C27H35N3O3/c1-2-3-4-5-6-7-8-9-10-11-19-33-25-17-15-23(16-18-25)29-26(31)27(32)30-24-14-12-13-22(20-24)21-28/h12-18,20H,2-11,19H2,1H3,(H,29,31)(H,30,32). The summed E-state index contributed by atoms with van der Waals surface area (Å²) in [6.07, 6.45) is 12.9. The first-order chi connectivity index (χ1) is 16.1. The van der Waals surface area contributed by atoms with Gasteiger partial charge in [0.2, 0.25) is 0 Å². The summed E-state index contributed by atoms with van der Waals surface area (Å²) >= 11 is 0. The number of anilines is 2. The summed E-state index contributed by atoms with van der Waals surface area (Å²) in [5, 5.41) is 14.0. The van der Waals surface area contributed by atoms with E-state index in [1.165, 1.54) is 63.9 Å². The predicted octanol–water partition coefficient (Wildman–Crippen LogP) is 6.44. The van der Waals surface area contributed by atoms with Crippen molar-refractivity contribution in [1.29, 1.82) is 5.26 Å². The molecule has 0 aliphatic heterocycles. The fourth-order valence-electron chi connectivity index (χ4n) is 3.46. The quantitative estimate of drug-likeness (QED) is 0.257. The Morgan fingerprint density at radius 2 is 1.36 bits per heavy atom. The molecule has 0 atom stereocenters. The van der Waals surface area contributed by atoms with Crippen LogP contribution in [-0.4, -0.2) is 18.4 Å². The molecule has 0 aliphatic rings. The van der Waals surface area contributed by atoms with Crippen LogP contribution in [0.15, 0.2) is 48.5 Å². The summed E-state index contributed by atoms with van der Waals surface area (Å²) in [6.45, 7) is 2.92. The fourth-order valence-corrected chi connectivity index (χ4v) is 3.46. The molecule has 0 bridgehead atoms. The van der Waals surface area contributed by atoms with Crippen LogP contribution in [0.25, 0.3) is 0 Å². The van der Waals surface area contributed by atoms with Crippen molar-refractivity contribution in [3.63, 3.8) is 0 Å². The number of unbranched alkanes of at least 4 members (excludes halogenated alkanes) is 9.